The molecular weight excluding hydrogens is 306 g/mol. The molecule has 1 N–H and O–H groups in total. The van der Waals surface area contributed by atoms with E-state index in [4.69, 9.17) is 4.42 Å². The predicted octanol–water partition coefficient (Wildman–Crippen LogP) is 4.24. The molecule has 0 atom stereocenters. The normalized spacial score (nSPS) is 10.4. The minimum Gasteiger partial charge on any atom is -0.403 e. The summed E-state index contributed by atoms with van der Waals surface area (Å²) in [7, 11) is 0. The van der Waals surface area contributed by atoms with E-state index >= 15 is 0 Å². The van der Waals surface area contributed by atoms with E-state index in [0.29, 0.717) is 11.9 Å². The van der Waals surface area contributed by atoms with Crippen molar-refractivity contribution in [2.45, 2.75) is 0 Å². The van der Waals surface area contributed by atoms with E-state index in [1.165, 1.54) is 0 Å². The molecule has 94 valence electrons. The van der Waals surface area contributed by atoms with Crippen molar-refractivity contribution in [3.05, 3.63) is 59.1 Å². The van der Waals surface area contributed by atoms with Gasteiger partial charge < -0.3 is 9.73 Å². The summed E-state index contributed by atoms with van der Waals surface area (Å²) in [5, 5.41) is 11.0. The first-order chi connectivity index (χ1) is 9.31. The fraction of sp³-hybridized carbons (Fsp3) is 0. The van der Waals surface area contributed by atoms with Crippen LogP contribution in [0.5, 0.6) is 0 Å². The van der Waals surface area contributed by atoms with E-state index in [9.17, 15) is 0 Å². The van der Waals surface area contributed by atoms with E-state index < -0.39 is 0 Å². The maximum atomic E-state index is 5.56. The topological polar surface area (TPSA) is 51.0 Å². The average Bonchev–Trinajstić information content (AvgIpc) is 2.91. The molecule has 0 saturated carbocycles. The van der Waals surface area contributed by atoms with Gasteiger partial charge in [-0.15, -0.1) is 5.10 Å². The Hall–Kier alpha value is -2.14. The third-order valence-corrected chi connectivity index (χ3v) is 3.07. The molecule has 0 saturated heterocycles. The molecule has 1 aromatic heterocycles. The number of nitrogens with one attached hydrogen (secondary N) is 1. The number of anilines is 2. The minimum absolute atomic E-state index is 0.376. The Labute approximate surface area is 118 Å². The van der Waals surface area contributed by atoms with Crippen LogP contribution in [0.25, 0.3) is 11.5 Å². The highest BCUT2D eigenvalue weighted by molar-refractivity contribution is 9.10. The zero-order valence-corrected chi connectivity index (χ0v) is 11.5. The minimum atomic E-state index is 0.376. The van der Waals surface area contributed by atoms with Crippen LogP contribution < -0.4 is 5.32 Å². The van der Waals surface area contributed by atoms with Gasteiger partial charge in [0.15, 0.2) is 0 Å². The Morgan fingerprint density at radius 1 is 0.895 bits per heavy atom. The van der Waals surface area contributed by atoms with E-state index in [0.717, 1.165) is 15.7 Å². The number of benzene rings is 2. The van der Waals surface area contributed by atoms with Gasteiger partial charge in [-0.3, -0.25) is 0 Å². The zero-order valence-electron chi connectivity index (χ0n) is 9.88. The van der Waals surface area contributed by atoms with Crippen molar-refractivity contribution in [3.63, 3.8) is 0 Å². The molecule has 2 aromatic carbocycles. The van der Waals surface area contributed by atoms with E-state index in [1.54, 1.807) is 0 Å². The average molecular weight is 316 g/mol. The Morgan fingerprint density at radius 2 is 1.63 bits per heavy atom. The van der Waals surface area contributed by atoms with Gasteiger partial charge in [-0.25, -0.2) is 0 Å². The van der Waals surface area contributed by atoms with Gasteiger partial charge in [0.05, 0.1) is 0 Å². The molecule has 0 radical (unpaired) electrons. The van der Waals surface area contributed by atoms with Crippen molar-refractivity contribution in [3.8, 4) is 11.5 Å². The zero-order chi connectivity index (χ0) is 13.1. The predicted molar refractivity (Wildman–Crippen MR) is 77.2 cm³/mol. The van der Waals surface area contributed by atoms with Crippen LogP contribution in [-0.2, 0) is 0 Å². The third-order valence-electron chi connectivity index (χ3n) is 2.54. The summed E-state index contributed by atoms with van der Waals surface area (Å²) in [5.41, 5.74) is 1.80. The first kappa shape index (κ1) is 11.9. The van der Waals surface area contributed by atoms with Gasteiger partial charge in [0.25, 0.3) is 0 Å². The van der Waals surface area contributed by atoms with Crippen LogP contribution in [0.1, 0.15) is 0 Å². The first-order valence-electron chi connectivity index (χ1n) is 5.73. The molecule has 4 nitrogen and oxygen atoms in total. The van der Waals surface area contributed by atoms with Crippen LogP contribution in [0.15, 0.2) is 63.5 Å². The number of hydrogen-bond donors (Lipinski definition) is 1. The SMILES string of the molecule is Brc1ccc(Nc2nnc(-c3ccccc3)o2)cc1. The molecule has 19 heavy (non-hydrogen) atoms. The van der Waals surface area contributed by atoms with Crippen molar-refractivity contribution >= 4 is 27.6 Å². The summed E-state index contributed by atoms with van der Waals surface area (Å²) in [6.45, 7) is 0. The van der Waals surface area contributed by atoms with Crippen molar-refractivity contribution < 1.29 is 4.42 Å². The third kappa shape index (κ3) is 2.82. The van der Waals surface area contributed by atoms with Gasteiger partial charge >= 0.3 is 6.01 Å². The fourth-order valence-electron chi connectivity index (χ4n) is 1.63. The highest BCUT2D eigenvalue weighted by Gasteiger charge is 2.07. The van der Waals surface area contributed by atoms with E-state index in [2.05, 4.69) is 31.4 Å². The lowest BCUT2D eigenvalue weighted by molar-refractivity contribution is 0.587. The quantitative estimate of drug-likeness (QED) is 0.785. The number of aromatic nitrogens is 2. The van der Waals surface area contributed by atoms with Crippen LogP contribution in [-0.4, -0.2) is 10.2 Å². The lowest BCUT2D eigenvalue weighted by atomic mass is 10.2. The second kappa shape index (κ2) is 5.24. The number of nitrogens with zero attached hydrogens (tertiary/aromatic N) is 2. The molecule has 0 bridgehead atoms. The highest BCUT2D eigenvalue weighted by atomic mass is 79.9. The lowest BCUT2D eigenvalue weighted by Gasteiger charge is -2.00. The first-order valence-corrected chi connectivity index (χ1v) is 6.52. The molecule has 0 unspecified atom stereocenters. The van der Waals surface area contributed by atoms with Gasteiger partial charge in [-0.05, 0) is 36.4 Å². The van der Waals surface area contributed by atoms with Crippen molar-refractivity contribution in [1.29, 1.82) is 0 Å². The Balaban J connectivity index is 1.80. The van der Waals surface area contributed by atoms with E-state index in [1.807, 2.05) is 54.6 Å². The van der Waals surface area contributed by atoms with Gasteiger partial charge in [-0.1, -0.05) is 39.2 Å². The van der Waals surface area contributed by atoms with Crippen LogP contribution in [0.3, 0.4) is 0 Å². The van der Waals surface area contributed by atoms with E-state index in [-0.39, 0.29) is 0 Å². The summed E-state index contributed by atoms with van der Waals surface area (Å²) in [6.07, 6.45) is 0. The Morgan fingerprint density at radius 3 is 2.37 bits per heavy atom. The maximum Gasteiger partial charge on any atom is 0.320 e. The summed E-state index contributed by atoms with van der Waals surface area (Å²) in [6, 6.07) is 17.8. The summed E-state index contributed by atoms with van der Waals surface area (Å²) in [4.78, 5) is 0. The largest absolute Gasteiger partial charge is 0.403 e. The van der Waals surface area contributed by atoms with Crippen molar-refractivity contribution in [1.82, 2.24) is 10.2 Å². The molecule has 3 aromatic rings. The van der Waals surface area contributed by atoms with Gasteiger partial charge in [0.1, 0.15) is 0 Å². The fourth-order valence-corrected chi connectivity index (χ4v) is 1.89. The molecule has 0 amide bonds. The molecular formula is C14H10BrN3O. The molecule has 3 rings (SSSR count). The number of halogens is 1. The molecule has 0 fully saturated rings. The summed E-state index contributed by atoms with van der Waals surface area (Å²) < 4.78 is 6.58. The molecule has 1 heterocycles. The second-order valence-electron chi connectivity index (χ2n) is 3.91. The lowest BCUT2D eigenvalue weighted by Crippen LogP contribution is -1.89. The van der Waals surface area contributed by atoms with Crippen LogP contribution in [0.2, 0.25) is 0 Å². The molecule has 0 aliphatic rings. The maximum absolute atomic E-state index is 5.56. The van der Waals surface area contributed by atoms with Crippen LogP contribution >= 0.6 is 15.9 Å². The second-order valence-corrected chi connectivity index (χ2v) is 4.83. The Bertz CT molecular complexity index is 665. The summed E-state index contributed by atoms with van der Waals surface area (Å²) >= 11 is 3.39. The monoisotopic (exact) mass is 315 g/mol. The molecule has 0 aliphatic carbocycles. The van der Waals surface area contributed by atoms with Crippen LogP contribution in [0, 0.1) is 0 Å². The van der Waals surface area contributed by atoms with Crippen LogP contribution in [0.4, 0.5) is 11.7 Å². The molecule has 5 heteroatoms. The molecule has 0 aliphatic heterocycles. The standard InChI is InChI=1S/C14H10BrN3O/c15-11-6-8-12(9-7-11)16-14-18-17-13(19-14)10-4-2-1-3-5-10/h1-9H,(H,16,18). The van der Waals surface area contributed by atoms with Crippen molar-refractivity contribution in [2.24, 2.45) is 0 Å². The highest BCUT2D eigenvalue weighted by Crippen LogP contribution is 2.22. The van der Waals surface area contributed by atoms with Gasteiger partial charge in [0.2, 0.25) is 5.89 Å². The number of hydrogen-bond acceptors (Lipinski definition) is 4. The van der Waals surface area contributed by atoms with Gasteiger partial charge in [-0.2, -0.15) is 0 Å². The smallest absolute Gasteiger partial charge is 0.320 e. The Kier molecular flexibility index (Phi) is 3.29. The number of rotatable bonds is 3. The van der Waals surface area contributed by atoms with Gasteiger partial charge in [0, 0.05) is 15.7 Å². The molecule has 0 spiro atoms. The summed E-state index contributed by atoms with van der Waals surface area (Å²) in [5.74, 6) is 0.500. The van der Waals surface area contributed by atoms with Crippen molar-refractivity contribution in [2.75, 3.05) is 5.32 Å².